The van der Waals surface area contributed by atoms with Gasteiger partial charge in [-0.25, -0.2) is 0 Å². The Balaban J connectivity index is 1.68. The average Bonchev–Trinajstić information content (AvgIpc) is 2.88. The average molecular weight is 264 g/mol. The summed E-state index contributed by atoms with van der Waals surface area (Å²) in [7, 11) is 0. The van der Waals surface area contributed by atoms with Gasteiger partial charge in [-0.1, -0.05) is 12.8 Å². The summed E-state index contributed by atoms with van der Waals surface area (Å²) in [6.07, 6.45) is 7.82. The van der Waals surface area contributed by atoms with Gasteiger partial charge in [-0.3, -0.25) is 9.69 Å². The number of hydrogen-bond donors (Lipinski definition) is 0. The van der Waals surface area contributed by atoms with Crippen molar-refractivity contribution >= 4 is 5.91 Å². The van der Waals surface area contributed by atoms with Crippen LogP contribution >= 0.6 is 0 Å². The lowest BCUT2D eigenvalue weighted by Gasteiger charge is -2.48. The molecule has 3 rings (SSSR count). The van der Waals surface area contributed by atoms with Crippen LogP contribution in [-0.4, -0.2) is 47.4 Å². The minimum Gasteiger partial charge on any atom is -0.341 e. The van der Waals surface area contributed by atoms with Gasteiger partial charge < -0.3 is 4.90 Å². The van der Waals surface area contributed by atoms with E-state index < -0.39 is 0 Å². The smallest absolute Gasteiger partial charge is 0.239 e. The molecular weight excluding hydrogens is 236 g/mol. The lowest BCUT2D eigenvalue weighted by Crippen LogP contribution is -2.60. The molecule has 0 N–H and O–H groups in total. The number of rotatable bonds is 3. The van der Waals surface area contributed by atoms with Gasteiger partial charge >= 0.3 is 0 Å². The zero-order chi connectivity index (χ0) is 13.4. The van der Waals surface area contributed by atoms with Gasteiger partial charge in [0.1, 0.15) is 0 Å². The summed E-state index contributed by atoms with van der Waals surface area (Å²) >= 11 is 0. The third-order valence-corrected chi connectivity index (χ3v) is 5.44. The lowest BCUT2D eigenvalue weighted by molar-refractivity contribution is -0.147. The molecule has 19 heavy (non-hydrogen) atoms. The van der Waals surface area contributed by atoms with E-state index in [0.717, 1.165) is 37.9 Å². The SMILES string of the molecule is CC(C)N1CC[C@H]2C[C@@H]1C(=O)N(CC1CCCC1)C2. The number of piperidine rings is 2. The summed E-state index contributed by atoms with van der Waals surface area (Å²) in [5.41, 5.74) is 0. The molecule has 2 heterocycles. The molecule has 1 amide bonds. The predicted molar refractivity (Wildman–Crippen MR) is 76.9 cm³/mol. The van der Waals surface area contributed by atoms with E-state index in [1.165, 1.54) is 32.1 Å². The third kappa shape index (κ3) is 2.67. The van der Waals surface area contributed by atoms with Crippen molar-refractivity contribution in [1.29, 1.82) is 0 Å². The van der Waals surface area contributed by atoms with Crippen molar-refractivity contribution in [2.75, 3.05) is 19.6 Å². The molecule has 2 bridgehead atoms. The molecule has 1 aliphatic carbocycles. The van der Waals surface area contributed by atoms with Crippen LogP contribution < -0.4 is 0 Å². The first kappa shape index (κ1) is 13.4. The summed E-state index contributed by atoms with van der Waals surface area (Å²) in [5, 5.41) is 0. The molecule has 108 valence electrons. The standard InChI is InChI=1S/C16H28N2O/c1-12(2)18-8-7-14-9-15(18)16(19)17(11-14)10-13-5-3-4-6-13/h12-15H,3-11H2,1-2H3/t14-,15+/m0/s1. The van der Waals surface area contributed by atoms with Crippen molar-refractivity contribution in [2.24, 2.45) is 11.8 Å². The second-order valence-corrected chi connectivity index (χ2v) is 7.13. The fraction of sp³-hybridized carbons (Fsp3) is 0.938. The van der Waals surface area contributed by atoms with E-state index in [9.17, 15) is 4.79 Å². The normalized spacial score (nSPS) is 33.4. The highest BCUT2D eigenvalue weighted by Gasteiger charge is 2.42. The number of hydrogen-bond acceptors (Lipinski definition) is 2. The van der Waals surface area contributed by atoms with Crippen molar-refractivity contribution in [3.8, 4) is 0 Å². The quantitative estimate of drug-likeness (QED) is 0.782. The van der Waals surface area contributed by atoms with Gasteiger partial charge in [0, 0.05) is 19.1 Å². The van der Waals surface area contributed by atoms with Crippen LogP contribution in [0, 0.1) is 11.8 Å². The van der Waals surface area contributed by atoms with E-state index in [1.807, 2.05) is 0 Å². The van der Waals surface area contributed by atoms with Gasteiger partial charge in [0.15, 0.2) is 0 Å². The van der Waals surface area contributed by atoms with E-state index >= 15 is 0 Å². The Morgan fingerprint density at radius 2 is 1.95 bits per heavy atom. The van der Waals surface area contributed by atoms with Crippen LogP contribution in [0.2, 0.25) is 0 Å². The molecule has 2 atom stereocenters. The predicted octanol–water partition coefficient (Wildman–Crippen LogP) is 2.51. The van der Waals surface area contributed by atoms with E-state index in [4.69, 9.17) is 0 Å². The third-order valence-electron chi connectivity index (χ3n) is 5.44. The Labute approximate surface area is 117 Å². The van der Waals surface area contributed by atoms with Gasteiger partial charge in [0.05, 0.1) is 6.04 Å². The van der Waals surface area contributed by atoms with Crippen molar-refractivity contribution in [3.63, 3.8) is 0 Å². The molecular formula is C16H28N2O. The van der Waals surface area contributed by atoms with Crippen molar-refractivity contribution in [3.05, 3.63) is 0 Å². The Morgan fingerprint density at radius 1 is 1.21 bits per heavy atom. The summed E-state index contributed by atoms with van der Waals surface area (Å²) in [4.78, 5) is 17.4. The van der Waals surface area contributed by atoms with Crippen LogP contribution in [0.5, 0.6) is 0 Å². The molecule has 0 aromatic carbocycles. The van der Waals surface area contributed by atoms with Gasteiger partial charge in [-0.2, -0.15) is 0 Å². The molecule has 3 nitrogen and oxygen atoms in total. The van der Waals surface area contributed by atoms with Crippen molar-refractivity contribution in [2.45, 2.75) is 64.5 Å². The van der Waals surface area contributed by atoms with E-state index in [1.54, 1.807) is 0 Å². The minimum atomic E-state index is 0.189. The first-order valence-corrected chi connectivity index (χ1v) is 8.19. The number of fused-ring (bicyclic) bond motifs is 2. The number of nitrogens with zero attached hydrogens (tertiary/aromatic N) is 2. The summed E-state index contributed by atoms with van der Waals surface area (Å²) in [5.74, 6) is 1.98. The highest BCUT2D eigenvalue weighted by molar-refractivity contribution is 5.83. The van der Waals surface area contributed by atoms with Crippen LogP contribution in [0.25, 0.3) is 0 Å². The number of carbonyl (C=O) groups excluding carboxylic acids is 1. The molecule has 0 unspecified atom stereocenters. The van der Waals surface area contributed by atoms with Gasteiger partial charge in [-0.05, 0) is 57.9 Å². The number of carbonyl (C=O) groups is 1. The molecule has 0 radical (unpaired) electrons. The zero-order valence-electron chi connectivity index (χ0n) is 12.5. The Kier molecular flexibility index (Phi) is 3.84. The van der Waals surface area contributed by atoms with E-state index in [2.05, 4.69) is 23.6 Å². The molecule has 2 saturated heterocycles. The lowest BCUT2D eigenvalue weighted by atomic mass is 9.84. The summed E-state index contributed by atoms with van der Waals surface area (Å²) < 4.78 is 0. The van der Waals surface area contributed by atoms with Crippen LogP contribution in [-0.2, 0) is 4.79 Å². The van der Waals surface area contributed by atoms with Gasteiger partial charge in [0.2, 0.25) is 5.91 Å². The molecule has 0 aromatic rings. The summed E-state index contributed by atoms with van der Waals surface area (Å²) in [6.45, 7) is 7.65. The van der Waals surface area contributed by atoms with Crippen LogP contribution in [0.1, 0.15) is 52.4 Å². The van der Waals surface area contributed by atoms with Crippen molar-refractivity contribution in [1.82, 2.24) is 9.80 Å². The Morgan fingerprint density at radius 3 is 2.63 bits per heavy atom. The molecule has 3 aliphatic rings. The van der Waals surface area contributed by atoms with Gasteiger partial charge in [0.25, 0.3) is 0 Å². The molecule has 3 heteroatoms. The largest absolute Gasteiger partial charge is 0.341 e. The maximum absolute atomic E-state index is 12.7. The number of amides is 1. The Hall–Kier alpha value is -0.570. The fourth-order valence-electron chi connectivity index (χ4n) is 4.36. The van der Waals surface area contributed by atoms with Gasteiger partial charge in [-0.15, -0.1) is 0 Å². The Bertz CT molecular complexity index is 336. The van der Waals surface area contributed by atoms with Crippen molar-refractivity contribution < 1.29 is 4.79 Å². The van der Waals surface area contributed by atoms with Crippen LogP contribution in [0.4, 0.5) is 0 Å². The minimum absolute atomic E-state index is 0.189. The fourth-order valence-corrected chi connectivity index (χ4v) is 4.36. The maximum atomic E-state index is 12.7. The van der Waals surface area contributed by atoms with Crippen LogP contribution in [0.15, 0.2) is 0 Å². The second kappa shape index (κ2) is 5.43. The summed E-state index contributed by atoms with van der Waals surface area (Å²) in [6, 6.07) is 0.690. The highest BCUT2D eigenvalue weighted by Crippen LogP contribution is 2.33. The van der Waals surface area contributed by atoms with E-state index in [-0.39, 0.29) is 6.04 Å². The molecule has 0 aromatic heterocycles. The molecule has 0 spiro atoms. The molecule has 1 saturated carbocycles. The first-order chi connectivity index (χ1) is 9.15. The highest BCUT2D eigenvalue weighted by atomic mass is 16.2. The van der Waals surface area contributed by atoms with E-state index in [0.29, 0.717) is 11.9 Å². The number of likely N-dealkylation sites (tertiary alicyclic amines) is 2. The maximum Gasteiger partial charge on any atom is 0.239 e. The topological polar surface area (TPSA) is 23.6 Å². The zero-order valence-corrected chi connectivity index (χ0v) is 12.5. The molecule has 2 aliphatic heterocycles. The van der Waals surface area contributed by atoms with Crippen LogP contribution in [0.3, 0.4) is 0 Å². The monoisotopic (exact) mass is 264 g/mol. The second-order valence-electron chi connectivity index (χ2n) is 7.13. The first-order valence-electron chi connectivity index (χ1n) is 8.19. The molecule has 3 fully saturated rings.